The van der Waals surface area contributed by atoms with Crippen molar-refractivity contribution >= 4 is 16.9 Å². The number of benzene rings is 1. The minimum absolute atomic E-state index is 0.0806. The predicted octanol–water partition coefficient (Wildman–Crippen LogP) is 2.38. The molecule has 2 aromatic rings. The molecule has 76 valence electrons. The molecule has 4 heteroatoms. The van der Waals surface area contributed by atoms with Gasteiger partial charge < -0.3 is 5.11 Å². The van der Waals surface area contributed by atoms with E-state index in [1.54, 1.807) is 6.92 Å². The van der Waals surface area contributed by atoms with Gasteiger partial charge in [-0.05, 0) is 31.2 Å². The third-order valence-corrected chi connectivity index (χ3v) is 2.13. The number of carboxylic acids is 1. The second-order valence-electron chi connectivity index (χ2n) is 3.28. The lowest BCUT2D eigenvalue weighted by Gasteiger charge is -2.03. The summed E-state index contributed by atoms with van der Waals surface area (Å²) < 4.78 is 13.0. The molecule has 0 bridgehead atoms. The van der Waals surface area contributed by atoms with Gasteiger partial charge in [0, 0.05) is 11.1 Å². The normalized spacial score (nSPS) is 10.5. The zero-order valence-corrected chi connectivity index (χ0v) is 7.99. The Bertz CT molecular complexity index is 552. The Morgan fingerprint density at radius 1 is 1.40 bits per heavy atom. The number of aromatic nitrogens is 1. The first-order valence-electron chi connectivity index (χ1n) is 4.38. The molecule has 0 spiro atoms. The van der Waals surface area contributed by atoms with Crippen LogP contribution in [-0.2, 0) is 0 Å². The van der Waals surface area contributed by atoms with Crippen molar-refractivity contribution in [3.63, 3.8) is 0 Å². The summed E-state index contributed by atoms with van der Waals surface area (Å²) in [6, 6.07) is 5.36. The topological polar surface area (TPSA) is 50.2 Å². The van der Waals surface area contributed by atoms with Crippen molar-refractivity contribution in [1.29, 1.82) is 0 Å². The lowest BCUT2D eigenvalue weighted by Crippen LogP contribution is -2.00. The number of carbonyl (C=O) groups is 1. The molecule has 1 aromatic heterocycles. The number of halogens is 1. The van der Waals surface area contributed by atoms with Gasteiger partial charge in [-0.1, -0.05) is 0 Å². The second kappa shape index (κ2) is 3.31. The Kier molecular flexibility index (Phi) is 2.11. The van der Waals surface area contributed by atoms with E-state index >= 15 is 0 Å². The van der Waals surface area contributed by atoms with E-state index < -0.39 is 11.8 Å². The summed E-state index contributed by atoms with van der Waals surface area (Å²) in [6.45, 7) is 1.70. The van der Waals surface area contributed by atoms with Crippen LogP contribution in [0.4, 0.5) is 4.39 Å². The van der Waals surface area contributed by atoms with Crippen molar-refractivity contribution in [3.8, 4) is 0 Å². The van der Waals surface area contributed by atoms with Crippen LogP contribution in [0.25, 0.3) is 10.9 Å². The number of pyridine rings is 1. The fraction of sp³-hybridized carbons (Fsp3) is 0.0909. The van der Waals surface area contributed by atoms with Crippen molar-refractivity contribution in [2.24, 2.45) is 0 Å². The first kappa shape index (κ1) is 9.58. The van der Waals surface area contributed by atoms with Gasteiger partial charge in [0.05, 0.1) is 11.1 Å². The molecule has 0 fully saturated rings. The van der Waals surface area contributed by atoms with Crippen molar-refractivity contribution in [2.75, 3.05) is 0 Å². The molecule has 1 heterocycles. The monoisotopic (exact) mass is 205 g/mol. The van der Waals surface area contributed by atoms with Crippen LogP contribution in [0.15, 0.2) is 24.3 Å². The van der Waals surface area contributed by atoms with Crippen LogP contribution >= 0.6 is 0 Å². The highest BCUT2D eigenvalue weighted by Crippen LogP contribution is 2.19. The van der Waals surface area contributed by atoms with Crippen molar-refractivity contribution < 1.29 is 14.3 Å². The molecule has 2 rings (SSSR count). The molecule has 1 N–H and O–H groups in total. The molecule has 0 aliphatic rings. The summed E-state index contributed by atoms with van der Waals surface area (Å²) in [6.07, 6.45) is 0. The number of hydrogen-bond donors (Lipinski definition) is 1. The lowest BCUT2D eigenvalue weighted by atomic mass is 10.1. The van der Waals surface area contributed by atoms with Crippen LogP contribution in [0.3, 0.4) is 0 Å². The maximum atomic E-state index is 13.0. The standard InChI is InChI=1S/C11H8FNO2/c1-6-4-9(11(14)15)8-5-7(12)2-3-10(8)13-6/h2-5H,1H3,(H,14,15). The van der Waals surface area contributed by atoms with E-state index in [0.29, 0.717) is 16.6 Å². The Morgan fingerprint density at radius 3 is 2.80 bits per heavy atom. The summed E-state index contributed by atoms with van der Waals surface area (Å²) in [7, 11) is 0. The number of aromatic carboxylic acids is 1. The zero-order chi connectivity index (χ0) is 11.0. The van der Waals surface area contributed by atoms with Gasteiger partial charge >= 0.3 is 5.97 Å². The average molecular weight is 205 g/mol. The molecule has 0 atom stereocenters. The van der Waals surface area contributed by atoms with Crippen molar-refractivity contribution in [1.82, 2.24) is 4.98 Å². The summed E-state index contributed by atoms with van der Waals surface area (Å²) >= 11 is 0. The van der Waals surface area contributed by atoms with E-state index in [1.807, 2.05) is 0 Å². The molecular weight excluding hydrogens is 197 g/mol. The SMILES string of the molecule is Cc1cc(C(=O)O)c2cc(F)ccc2n1. The molecule has 1 aromatic carbocycles. The van der Waals surface area contributed by atoms with Gasteiger partial charge in [-0.2, -0.15) is 0 Å². The first-order chi connectivity index (χ1) is 7.08. The largest absolute Gasteiger partial charge is 0.478 e. The number of rotatable bonds is 1. The van der Waals surface area contributed by atoms with E-state index in [1.165, 1.54) is 24.3 Å². The molecular formula is C11H8FNO2. The first-order valence-corrected chi connectivity index (χ1v) is 4.38. The Morgan fingerprint density at radius 2 is 2.13 bits per heavy atom. The molecule has 0 aliphatic carbocycles. The molecule has 0 amide bonds. The van der Waals surface area contributed by atoms with Gasteiger partial charge in [-0.3, -0.25) is 4.98 Å². The smallest absolute Gasteiger partial charge is 0.336 e. The van der Waals surface area contributed by atoms with E-state index in [2.05, 4.69) is 4.98 Å². The van der Waals surface area contributed by atoms with E-state index in [0.717, 1.165) is 0 Å². The Hall–Kier alpha value is -1.97. The Balaban J connectivity index is 2.87. The van der Waals surface area contributed by atoms with Crippen LogP contribution < -0.4 is 0 Å². The lowest BCUT2D eigenvalue weighted by molar-refractivity contribution is 0.0699. The number of nitrogens with zero attached hydrogens (tertiary/aromatic N) is 1. The summed E-state index contributed by atoms with van der Waals surface area (Å²) in [5.41, 5.74) is 1.18. The maximum Gasteiger partial charge on any atom is 0.336 e. The fourth-order valence-electron chi connectivity index (χ4n) is 1.51. The minimum atomic E-state index is -1.07. The molecule has 0 saturated heterocycles. The number of carboxylic acid groups (broad SMARTS) is 1. The molecule has 0 aliphatic heterocycles. The van der Waals surface area contributed by atoms with Crippen LogP contribution in [-0.4, -0.2) is 16.1 Å². The summed E-state index contributed by atoms with van der Waals surface area (Å²) in [4.78, 5) is 15.1. The van der Waals surface area contributed by atoms with Crippen LogP contribution in [0, 0.1) is 12.7 Å². The van der Waals surface area contributed by atoms with Crippen molar-refractivity contribution in [2.45, 2.75) is 6.92 Å². The highest BCUT2D eigenvalue weighted by Gasteiger charge is 2.10. The fourth-order valence-corrected chi connectivity index (χ4v) is 1.51. The second-order valence-corrected chi connectivity index (χ2v) is 3.28. The summed E-state index contributed by atoms with van der Waals surface area (Å²) in [5, 5.41) is 9.27. The highest BCUT2D eigenvalue weighted by atomic mass is 19.1. The van der Waals surface area contributed by atoms with E-state index in [9.17, 15) is 9.18 Å². The number of fused-ring (bicyclic) bond motifs is 1. The molecule has 0 unspecified atom stereocenters. The van der Waals surface area contributed by atoms with Gasteiger partial charge in [-0.25, -0.2) is 9.18 Å². The molecule has 0 saturated carbocycles. The molecule has 0 radical (unpaired) electrons. The van der Waals surface area contributed by atoms with Gasteiger partial charge in [0.25, 0.3) is 0 Å². The number of aryl methyl sites for hydroxylation is 1. The van der Waals surface area contributed by atoms with E-state index in [4.69, 9.17) is 5.11 Å². The minimum Gasteiger partial charge on any atom is -0.478 e. The van der Waals surface area contributed by atoms with E-state index in [-0.39, 0.29) is 5.56 Å². The quantitative estimate of drug-likeness (QED) is 0.777. The van der Waals surface area contributed by atoms with Crippen LogP contribution in [0.5, 0.6) is 0 Å². The third kappa shape index (κ3) is 1.66. The Labute approximate surface area is 85.2 Å². The predicted molar refractivity (Wildman–Crippen MR) is 53.4 cm³/mol. The maximum absolute atomic E-state index is 13.0. The molecule has 15 heavy (non-hydrogen) atoms. The average Bonchev–Trinajstić information content (AvgIpc) is 2.17. The third-order valence-electron chi connectivity index (χ3n) is 2.13. The van der Waals surface area contributed by atoms with Gasteiger partial charge in [-0.15, -0.1) is 0 Å². The molecule has 3 nitrogen and oxygen atoms in total. The summed E-state index contributed by atoms with van der Waals surface area (Å²) in [5.74, 6) is -1.54. The van der Waals surface area contributed by atoms with Gasteiger partial charge in [0.2, 0.25) is 0 Å². The van der Waals surface area contributed by atoms with Gasteiger partial charge in [0.15, 0.2) is 0 Å². The number of hydrogen-bond acceptors (Lipinski definition) is 2. The van der Waals surface area contributed by atoms with Crippen molar-refractivity contribution in [3.05, 3.63) is 41.3 Å². The zero-order valence-electron chi connectivity index (χ0n) is 7.99. The highest BCUT2D eigenvalue weighted by molar-refractivity contribution is 6.02. The van der Waals surface area contributed by atoms with Gasteiger partial charge in [0.1, 0.15) is 5.82 Å². The van der Waals surface area contributed by atoms with Crippen LogP contribution in [0.2, 0.25) is 0 Å². The van der Waals surface area contributed by atoms with Crippen LogP contribution in [0.1, 0.15) is 16.1 Å².